The summed E-state index contributed by atoms with van der Waals surface area (Å²) in [4.78, 5) is 12.0. The third kappa shape index (κ3) is 2.17. The van der Waals surface area contributed by atoms with Crippen LogP contribution in [0, 0.1) is 5.92 Å². The lowest BCUT2D eigenvalue weighted by molar-refractivity contribution is -0.122. The minimum atomic E-state index is 0.252. The molecule has 0 bridgehead atoms. The van der Waals surface area contributed by atoms with E-state index >= 15 is 0 Å². The summed E-state index contributed by atoms with van der Waals surface area (Å²) in [7, 11) is 0. The second-order valence-electron chi connectivity index (χ2n) is 4.26. The van der Waals surface area contributed by atoms with E-state index in [-0.39, 0.29) is 11.7 Å². The highest BCUT2D eigenvalue weighted by Gasteiger charge is 2.25. The van der Waals surface area contributed by atoms with Gasteiger partial charge in [0.05, 0.1) is 6.61 Å². The van der Waals surface area contributed by atoms with Crippen molar-refractivity contribution in [3.63, 3.8) is 0 Å². The molecule has 1 heterocycles. The van der Waals surface area contributed by atoms with Gasteiger partial charge in [0.2, 0.25) is 0 Å². The molecule has 1 saturated carbocycles. The average Bonchev–Trinajstić information content (AvgIpc) is 2.59. The summed E-state index contributed by atoms with van der Waals surface area (Å²) in [6.45, 7) is 0.702. The lowest BCUT2D eigenvalue weighted by atomic mass is 9.94. The Labute approximate surface area is 85.3 Å². The maximum atomic E-state index is 12.0. The van der Waals surface area contributed by atoms with E-state index in [4.69, 9.17) is 4.74 Å². The standard InChI is InChI=1S/C12H18O2/c13-12(11-8-5-9-14-11)10-6-3-1-2-4-7-10/h8,10H,1-7,9H2. The SMILES string of the molecule is O=C(C1=CCCO1)C1CCCCCC1. The Morgan fingerprint density at radius 1 is 1.21 bits per heavy atom. The van der Waals surface area contributed by atoms with Gasteiger partial charge in [-0.1, -0.05) is 25.7 Å². The quantitative estimate of drug-likeness (QED) is 0.632. The van der Waals surface area contributed by atoms with Crippen molar-refractivity contribution in [3.05, 3.63) is 11.8 Å². The molecule has 0 aromatic carbocycles. The first-order chi connectivity index (χ1) is 6.88. The van der Waals surface area contributed by atoms with Crippen LogP contribution in [-0.4, -0.2) is 12.4 Å². The molecule has 1 fully saturated rings. The molecular weight excluding hydrogens is 176 g/mol. The number of ketones is 1. The topological polar surface area (TPSA) is 26.3 Å². The normalized spacial score (nSPS) is 23.9. The average molecular weight is 194 g/mol. The van der Waals surface area contributed by atoms with Crippen molar-refractivity contribution < 1.29 is 9.53 Å². The maximum absolute atomic E-state index is 12.0. The minimum absolute atomic E-state index is 0.252. The van der Waals surface area contributed by atoms with Crippen LogP contribution in [0.2, 0.25) is 0 Å². The number of ether oxygens (including phenoxy) is 1. The highest BCUT2D eigenvalue weighted by atomic mass is 16.5. The fourth-order valence-electron chi connectivity index (χ4n) is 2.33. The Balaban J connectivity index is 1.95. The van der Waals surface area contributed by atoms with Gasteiger partial charge in [-0.15, -0.1) is 0 Å². The van der Waals surface area contributed by atoms with Crippen LogP contribution in [0.5, 0.6) is 0 Å². The number of carbonyl (C=O) groups excluding carboxylic acids is 1. The predicted molar refractivity (Wildman–Crippen MR) is 54.9 cm³/mol. The molecule has 1 aliphatic carbocycles. The summed E-state index contributed by atoms with van der Waals surface area (Å²) in [5, 5.41) is 0. The molecule has 78 valence electrons. The van der Waals surface area contributed by atoms with Gasteiger partial charge >= 0.3 is 0 Å². The van der Waals surface area contributed by atoms with E-state index in [9.17, 15) is 4.79 Å². The second-order valence-corrected chi connectivity index (χ2v) is 4.26. The number of Topliss-reactive ketones (excluding diaryl/α,β-unsaturated/α-hetero) is 1. The van der Waals surface area contributed by atoms with Crippen molar-refractivity contribution in [3.8, 4) is 0 Å². The molecule has 14 heavy (non-hydrogen) atoms. The zero-order valence-corrected chi connectivity index (χ0v) is 8.63. The first kappa shape index (κ1) is 9.75. The van der Waals surface area contributed by atoms with Crippen LogP contribution in [0.25, 0.3) is 0 Å². The summed E-state index contributed by atoms with van der Waals surface area (Å²) >= 11 is 0. The number of hydrogen-bond donors (Lipinski definition) is 0. The van der Waals surface area contributed by atoms with E-state index in [1.54, 1.807) is 0 Å². The first-order valence-electron chi connectivity index (χ1n) is 5.75. The van der Waals surface area contributed by atoms with Crippen molar-refractivity contribution in [2.24, 2.45) is 5.92 Å². The van der Waals surface area contributed by atoms with E-state index in [2.05, 4.69) is 0 Å². The molecule has 1 aliphatic heterocycles. The van der Waals surface area contributed by atoms with E-state index < -0.39 is 0 Å². The van der Waals surface area contributed by atoms with E-state index in [1.165, 1.54) is 25.7 Å². The third-order valence-corrected chi connectivity index (χ3v) is 3.17. The van der Waals surface area contributed by atoms with E-state index in [0.717, 1.165) is 19.3 Å². The van der Waals surface area contributed by atoms with Gasteiger partial charge in [-0.25, -0.2) is 0 Å². The smallest absolute Gasteiger partial charge is 0.200 e. The van der Waals surface area contributed by atoms with Crippen LogP contribution in [-0.2, 0) is 9.53 Å². The molecule has 0 atom stereocenters. The predicted octanol–water partition coefficient (Wildman–Crippen LogP) is 2.83. The number of allylic oxidation sites excluding steroid dienone is 1. The summed E-state index contributed by atoms with van der Waals surface area (Å²) in [5.74, 6) is 1.17. The second kappa shape index (κ2) is 4.63. The Morgan fingerprint density at radius 2 is 1.93 bits per heavy atom. The molecule has 0 unspecified atom stereocenters. The van der Waals surface area contributed by atoms with Gasteiger partial charge in [0, 0.05) is 12.3 Å². The van der Waals surface area contributed by atoms with Gasteiger partial charge in [0.15, 0.2) is 11.5 Å². The van der Waals surface area contributed by atoms with Crippen LogP contribution < -0.4 is 0 Å². The summed E-state index contributed by atoms with van der Waals surface area (Å²) in [6.07, 6.45) is 10.0. The Hall–Kier alpha value is -0.790. The fourth-order valence-corrected chi connectivity index (χ4v) is 2.33. The third-order valence-electron chi connectivity index (χ3n) is 3.17. The molecule has 2 aliphatic rings. The minimum Gasteiger partial charge on any atom is -0.490 e. The lowest BCUT2D eigenvalue weighted by Crippen LogP contribution is -2.16. The molecule has 0 aromatic rings. The van der Waals surface area contributed by atoms with Crippen molar-refractivity contribution >= 4 is 5.78 Å². The summed E-state index contributed by atoms with van der Waals surface area (Å²) < 4.78 is 5.32. The molecule has 2 rings (SSSR count). The fraction of sp³-hybridized carbons (Fsp3) is 0.750. The Bertz CT molecular complexity index is 235. The van der Waals surface area contributed by atoms with Gasteiger partial charge in [0.25, 0.3) is 0 Å². The van der Waals surface area contributed by atoms with Gasteiger partial charge in [-0.2, -0.15) is 0 Å². The van der Waals surface area contributed by atoms with Gasteiger partial charge in [0.1, 0.15) is 0 Å². The Kier molecular flexibility index (Phi) is 3.22. The monoisotopic (exact) mass is 194 g/mol. The molecule has 0 saturated heterocycles. The lowest BCUT2D eigenvalue weighted by Gasteiger charge is -2.12. The van der Waals surface area contributed by atoms with Crippen molar-refractivity contribution in [2.45, 2.75) is 44.9 Å². The van der Waals surface area contributed by atoms with Gasteiger partial charge in [-0.3, -0.25) is 4.79 Å². The molecule has 2 nitrogen and oxygen atoms in total. The number of hydrogen-bond acceptors (Lipinski definition) is 2. The molecule has 0 N–H and O–H groups in total. The number of rotatable bonds is 2. The van der Waals surface area contributed by atoms with Crippen LogP contribution >= 0.6 is 0 Å². The van der Waals surface area contributed by atoms with Crippen molar-refractivity contribution in [1.82, 2.24) is 0 Å². The van der Waals surface area contributed by atoms with Gasteiger partial charge < -0.3 is 4.74 Å². The van der Waals surface area contributed by atoms with E-state index in [1.807, 2.05) is 6.08 Å². The molecular formula is C12H18O2. The molecule has 0 radical (unpaired) electrons. The largest absolute Gasteiger partial charge is 0.490 e. The zero-order chi connectivity index (χ0) is 9.80. The first-order valence-corrected chi connectivity index (χ1v) is 5.75. The van der Waals surface area contributed by atoms with Crippen LogP contribution in [0.15, 0.2) is 11.8 Å². The highest BCUT2D eigenvalue weighted by Crippen LogP contribution is 2.27. The van der Waals surface area contributed by atoms with E-state index in [0.29, 0.717) is 12.4 Å². The molecule has 2 heteroatoms. The van der Waals surface area contributed by atoms with Crippen molar-refractivity contribution in [2.75, 3.05) is 6.61 Å². The van der Waals surface area contributed by atoms with Crippen LogP contribution in [0.3, 0.4) is 0 Å². The van der Waals surface area contributed by atoms with Crippen molar-refractivity contribution in [1.29, 1.82) is 0 Å². The van der Waals surface area contributed by atoms with Gasteiger partial charge in [-0.05, 0) is 18.9 Å². The maximum Gasteiger partial charge on any atom is 0.200 e. The molecule has 0 spiro atoms. The number of carbonyl (C=O) groups is 1. The Morgan fingerprint density at radius 3 is 2.50 bits per heavy atom. The summed E-state index contributed by atoms with van der Waals surface area (Å²) in [6, 6.07) is 0. The molecule has 0 aromatic heterocycles. The van der Waals surface area contributed by atoms with Crippen LogP contribution in [0.1, 0.15) is 44.9 Å². The molecule has 0 amide bonds. The summed E-state index contributed by atoms with van der Waals surface area (Å²) in [5.41, 5.74) is 0. The zero-order valence-electron chi connectivity index (χ0n) is 8.63. The highest BCUT2D eigenvalue weighted by molar-refractivity contribution is 5.95. The van der Waals surface area contributed by atoms with Crippen LogP contribution in [0.4, 0.5) is 0 Å².